The first kappa shape index (κ1) is 7.10. The number of oxime groups is 1. The first-order valence-electron chi connectivity index (χ1n) is 4.24. The van der Waals surface area contributed by atoms with Crippen molar-refractivity contribution in [3.05, 3.63) is 0 Å². The van der Waals surface area contributed by atoms with Gasteiger partial charge in [0.2, 0.25) is 0 Å². The minimum atomic E-state index is 0.329. The molecule has 3 aliphatic heterocycles. The molecule has 3 heteroatoms. The molecule has 3 rings (SSSR count). The van der Waals surface area contributed by atoms with Crippen molar-refractivity contribution in [2.24, 2.45) is 11.1 Å². The number of rotatable bonds is 2. The molecule has 0 aromatic heterocycles. The molecular formula is C8H14N2O. The van der Waals surface area contributed by atoms with Gasteiger partial charge < -0.3 is 4.84 Å². The Kier molecular flexibility index (Phi) is 1.82. The quantitative estimate of drug-likeness (QED) is 0.432. The maximum Gasteiger partial charge on any atom is 0.143 e. The van der Waals surface area contributed by atoms with E-state index in [-0.39, 0.29) is 0 Å². The Labute approximate surface area is 67.0 Å². The highest BCUT2D eigenvalue weighted by Crippen LogP contribution is 2.29. The van der Waals surface area contributed by atoms with E-state index in [0.29, 0.717) is 6.10 Å². The monoisotopic (exact) mass is 154 g/mol. The van der Waals surface area contributed by atoms with Gasteiger partial charge in [0, 0.05) is 19.2 Å². The first-order valence-corrected chi connectivity index (χ1v) is 4.24. The third-order valence-electron chi connectivity index (χ3n) is 2.81. The summed E-state index contributed by atoms with van der Waals surface area (Å²) >= 11 is 0. The minimum absolute atomic E-state index is 0.329. The summed E-state index contributed by atoms with van der Waals surface area (Å²) in [6.07, 6.45) is 2.88. The van der Waals surface area contributed by atoms with Gasteiger partial charge >= 0.3 is 0 Å². The van der Waals surface area contributed by atoms with Crippen LogP contribution in [0.25, 0.3) is 0 Å². The lowest BCUT2D eigenvalue weighted by Crippen LogP contribution is -2.50. The van der Waals surface area contributed by atoms with E-state index < -0.39 is 0 Å². The summed E-state index contributed by atoms with van der Waals surface area (Å²) in [7, 11) is 0. The van der Waals surface area contributed by atoms with Crippen LogP contribution in [0.5, 0.6) is 0 Å². The van der Waals surface area contributed by atoms with Crippen LogP contribution in [0.4, 0.5) is 0 Å². The molecule has 0 radical (unpaired) electrons. The van der Waals surface area contributed by atoms with E-state index in [9.17, 15) is 0 Å². The van der Waals surface area contributed by atoms with E-state index in [0.717, 1.165) is 12.5 Å². The molecule has 2 bridgehead atoms. The SMILES string of the molecule is C=NO[C@H]1CN2CCC1CC2. The number of piperidine rings is 3. The molecule has 3 nitrogen and oxygen atoms in total. The Morgan fingerprint density at radius 3 is 2.55 bits per heavy atom. The average Bonchev–Trinajstić information content (AvgIpc) is 2.07. The summed E-state index contributed by atoms with van der Waals surface area (Å²) in [5.41, 5.74) is 0. The maximum absolute atomic E-state index is 5.19. The summed E-state index contributed by atoms with van der Waals surface area (Å²) in [5, 5.41) is 3.50. The molecular weight excluding hydrogens is 140 g/mol. The van der Waals surface area contributed by atoms with Gasteiger partial charge in [0.1, 0.15) is 6.10 Å². The van der Waals surface area contributed by atoms with Gasteiger partial charge in [0.15, 0.2) is 0 Å². The van der Waals surface area contributed by atoms with Gasteiger partial charge in [-0.1, -0.05) is 0 Å². The van der Waals surface area contributed by atoms with E-state index in [1.54, 1.807) is 0 Å². The van der Waals surface area contributed by atoms with Gasteiger partial charge in [-0.25, -0.2) is 0 Å². The van der Waals surface area contributed by atoms with Crippen molar-refractivity contribution in [3.8, 4) is 0 Å². The second-order valence-corrected chi connectivity index (χ2v) is 3.41. The van der Waals surface area contributed by atoms with E-state index in [4.69, 9.17) is 4.84 Å². The van der Waals surface area contributed by atoms with Gasteiger partial charge in [-0.3, -0.25) is 4.90 Å². The highest BCUT2D eigenvalue weighted by molar-refractivity contribution is 5.21. The number of nitrogens with zero attached hydrogens (tertiary/aromatic N) is 2. The largest absolute Gasteiger partial charge is 0.391 e. The van der Waals surface area contributed by atoms with Crippen LogP contribution in [0.15, 0.2) is 5.16 Å². The molecule has 11 heavy (non-hydrogen) atoms. The topological polar surface area (TPSA) is 24.8 Å². The molecule has 62 valence electrons. The highest BCUT2D eigenvalue weighted by Gasteiger charge is 2.35. The second kappa shape index (κ2) is 2.81. The molecule has 3 fully saturated rings. The molecule has 1 atom stereocenters. The maximum atomic E-state index is 5.19. The zero-order valence-electron chi connectivity index (χ0n) is 6.70. The van der Waals surface area contributed by atoms with Gasteiger partial charge in [0.05, 0.1) is 0 Å². The van der Waals surface area contributed by atoms with Crippen LogP contribution in [0.1, 0.15) is 12.8 Å². The van der Waals surface area contributed by atoms with Crippen molar-refractivity contribution in [2.75, 3.05) is 19.6 Å². The summed E-state index contributed by atoms with van der Waals surface area (Å²) < 4.78 is 0. The van der Waals surface area contributed by atoms with E-state index >= 15 is 0 Å². The van der Waals surface area contributed by atoms with Crippen LogP contribution in [0.2, 0.25) is 0 Å². The highest BCUT2D eigenvalue weighted by atomic mass is 16.6. The van der Waals surface area contributed by atoms with Crippen LogP contribution < -0.4 is 0 Å². The van der Waals surface area contributed by atoms with Crippen molar-refractivity contribution in [1.29, 1.82) is 0 Å². The summed E-state index contributed by atoms with van der Waals surface area (Å²) in [4.78, 5) is 7.63. The lowest BCUT2D eigenvalue weighted by Gasteiger charge is -2.42. The van der Waals surface area contributed by atoms with Crippen LogP contribution in [-0.2, 0) is 4.84 Å². The summed E-state index contributed by atoms with van der Waals surface area (Å²) in [5.74, 6) is 0.741. The predicted octanol–water partition coefficient (Wildman–Crippen LogP) is 0.713. The van der Waals surface area contributed by atoms with Crippen molar-refractivity contribution >= 4 is 6.72 Å². The van der Waals surface area contributed by atoms with Crippen molar-refractivity contribution in [2.45, 2.75) is 18.9 Å². The van der Waals surface area contributed by atoms with E-state index in [1.165, 1.54) is 25.9 Å². The predicted molar refractivity (Wildman–Crippen MR) is 43.6 cm³/mol. The number of fused-ring (bicyclic) bond motifs is 3. The number of hydrogen-bond donors (Lipinski definition) is 0. The molecule has 0 aliphatic carbocycles. The van der Waals surface area contributed by atoms with Crippen molar-refractivity contribution in [3.63, 3.8) is 0 Å². The first-order chi connectivity index (χ1) is 5.40. The Morgan fingerprint density at radius 2 is 2.09 bits per heavy atom. The summed E-state index contributed by atoms with van der Waals surface area (Å²) in [6.45, 7) is 6.91. The van der Waals surface area contributed by atoms with Gasteiger partial charge in [-0.15, -0.1) is 5.16 Å². The van der Waals surface area contributed by atoms with Crippen molar-refractivity contribution < 1.29 is 4.84 Å². The zero-order valence-corrected chi connectivity index (χ0v) is 6.70. The van der Waals surface area contributed by atoms with Gasteiger partial charge in [-0.05, 0) is 25.9 Å². The Morgan fingerprint density at radius 1 is 1.36 bits per heavy atom. The molecule has 3 aliphatic rings. The van der Waals surface area contributed by atoms with Crippen LogP contribution in [0, 0.1) is 5.92 Å². The lowest BCUT2D eigenvalue weighted by atomic mass is 9.86. The smallest absolute Gasteiger partial charge is 0.143 e. The van der Waals surface area contributed by atoms with Crippen molar-refractivity contribution in [1.82, 2.24) is 4.90 Å². The average molecular weight is 154 g/mol. The third kappa shape index (κ3) is 1.25. The standard InChI is InChI=1S/C8H14N2O/c1-9-11-8-6-10-4-2-7(8)3-5-10/h7-8H,1-6H2/t8-/m0/s1. The molecule has 0 saturated carbocycles. The van der Waals surface area contributed by atoms with Gasteiger partial charge in [0.25, 0.3) is 0 Å². The lowest BCUT2D eigenvalue weighted by molar-refractivity contribution is -0.0671. The van der Waals surface area contributed by atoms with E-state index in [2.05, 4.69) is 16.8 Å². The minimum Gasteiger partial charge on any atom is -0.391 e. The van der Waals surface area contributed by atoms with Crippen LogP contribution in [0.3, 0.4) is 0 Å². The Bertz CT molecular complexity index is 152. The fraction of sp³-hybridized carbons (Fsp3) is 0.875. The normalized spacial score (nSPS) is 42.0. The molecule has 3 saturated heterocycles. The van der Waals surface area contributed by atoms with Gasteiger partial charge in [-0.2, -0.15) is 0 Å². The Balaban J connectivity index is 1.97. The van der Waals surface area contributed by atoms with Crippen LogP contribution >= 0.6 is 0 Å². The third-order valence-corrected chi connectivity index (χ3v) is 2.81. The zero-order chi connectivity index (χ0) is 7.68. The fourth-order valence-electron chi connectivity index (χ4n) is 2.13. The fourth-order valence-corrected chi connectivity index (χ4v) is 2.13. The molecule has 0 aromatic carbocycles. The van der Waals surface area contributed by atoms with Crippen LogP contribution in [-0.4, -0.2) is 37.4 Å². The second-order valence-electron chi connectivity index (χ2n) is 3.41. The molecule has 0 spiro atoms. The Hall–Kier alpha value is -0.570. The van der Waals surface area contributed by atoms with E-state index in [1.807, 2.05) is 0 Å². The molecule has 3 heterocycles. The summed E-state index contributed by atoms with van der Waals surface area (Å²) in [6, 6.07) is 0. The molecule has 0 amide bonds. The molecule has 0 aromatic rings. The molecule has 0 N–H and O–H groups in total. The number of hydrogen-bond acceptors (Lipinski definition) is 3. The molecule has 0 unspecified atom stereocenters.